The van der Waals surface area contributed by atoms with Gasteiger partial charge in [0.05, 0.1) is 18.0 Å². The molecule has 20 heavy (non-hydrogen) atoms. The highest BCUT2D eigenvalue weighted by Crippen LogP contribution is 2.31. The van der Waals surface area contributed by atoms with Crippen molar-refractivity contribution in [3.05, 3.63) is 42.1 Å². The number of aryl methyl sites for hydroxylation is 1. The predicted molar refractivity (Wildman–Crippen MR) is 78.2 cm³/mol. The van der Waals surface area contributed by atoms with E-state index in [2.05, 4.69) is 35.3 Å². The molecule has 2 aromatic rings. The molecule has 1 fully saturated rings. The van der Waals surface area contributed by atoms with Gasteiger partial charge in [0, 0.05) is 19.3 Å². The van der Waals surface area contributed by atoms with E-state index < -0.39 is 0 Å². The minimum absolute atomic E-state index is 0.402. The summed E-state index contributed by atoms with van der Waals surface area (Å²) in [6.07, 6.45) is 8.90. The largest absolute Gasteiger partial charge is 0.468 e. The molecular formula is C16H23N3O. The third kappa shape index (κ3) is 2.96. The first kappa shape index (κ1) is 13.4. The summed E-state index contributed by atoms with van der Waals surface area (Å²) in [5.41, 5.74) is 1.16. The van der Waals surface area contributed by atoms with Crippen molar-refractivity contribution in [3.8, 4) is 0 Å². The molecule has 0 radical (unpaired) electrons. The third-order valence-electron chi connectivity index (χ3n) is 4.12. The lowest BCUT2D eigenvalue weighted by molar-refractivity contribution is 0.167. The number of likely N-dealkylation sites (tertiary alicyclic amines) is 1. The molecule has 1 atom stereocenters. The average Bonchev–Trinajstić information content (AvgIpc) is 3.09. The Bertz CT molecular complexity index is 518. The third-order valence-corrected chi connectivity index (χ3v) is 4.12. The van der Waals surface area contributed by atoms with Crippen LogP contribution in [0.2, 0.25) is 0 Å². The first-order chi connectivity index (χ1) is 9.86. The lowest BCUT2D eigenvalue weighted by Gasteiger charge is -2.27. The molecule has 0 bridgehead atoms. The fourth-order valence-electron chi connectivity index (χ4n) is 3.03. The molecule has 0 amide bonds. The van der Waals surface area contributed by atoms with Gasteiger partial charge in [-0.3, -0.25) is 9.58 Å². The van der Waals surface area contributed by atoms with Crippen molar-refractivity contribution in [2.75, 3.05) is 6.54 Å². The maximum absolute atomic E-state index is 5.66. The van der Waals surface area contributed by atoms with Crippen LogP contribution in [0.4, 0.5) is 0 Å². The van der Waals surface area contributed by atoms with E-state index in [4.69, 9.17) is 4.42 Å². The van der Waals surface area contributed by atoms with Gasteiger partial charge in [0.15, 0.2) is 0 Å². The molecule has 0 spiro atoms. The van der Waals surface area contributed by atoms with Gasteiger partial charge in [-0.1, -0.05) is 12.8 Å². The Kier molecular flexibility index (Phi) is 4.21. The van der Waals surface area contributed by atoms with E-state index in [0.717, 1.165) is 31.1 Å². The molecule has 0 saturated carbocycles. The topological polar surface area (TPSA) is 34.2 Å². The van der Waals surface area contributed by atoms with E-state index in [0.29, 0.717) is 6.04 Å². The van der Waals surface area contributed by atoms with Gasteiger partial charge in [-0.25, -0.2) is 0 Å². The second kappa shape index (κ2) is 6.27. The van der Waals surface area contributed by atoms with Gasteiger partial charge in [-0.2, -0.15) is 5.10 Å². The van der Waals surface area contributed by atoms with Crippen LogP contribution in [0.5, 0.6) is 0 Å². The number of aromatic nitrogens is 2. The molecule has 0 aromatic carbocycles. The highest BCUT2D eigenvalue weighted by atomic mass is 16.3. The van der Waals surface area contributed by atoms with Gasteiger partial charge in [-0.15, -0.1) is 0 Å². The van der Waals surface area contributed by atoms with Crippen molar-refractivity contribution >= 4 is 0 Å². The van der Waals surface area contributed by atoms with Gasteiger partial charge in [0.25, 0.3) is 0 Å². The Labute approximate surface area is 120 Å². The van der Waals surface area contributed by atoms with Crippen LogP contribution in [0.1, 0.15) is 50.1 Å². The van der Waals surface area contributed by atoms with Gasteiger partial charge < -0.3 is 4.42 Å². The van der Waals surface area contributed by atoms with E-state index in [1.807, 2.05) is 10.7 Å². The normalized spacial score (nSPS) is 20.9. The van der Waals surface area contributed by atoms with E-state index >= 15 is 0 Å². The summed E-state index contributed by atoms with van der Waals surface area (Å²) in [4.78, 5) is 2.52. The maximum atomic E-state index is 5.66. The molecule has 0 unspecified atom stereocenters. The highest BCUT2D eigenvalue weighted by Gasteiger charge is 2.25. The summed E-state index contributed by atoms with van der Waals surface area (Å²) in [7, 11) is 0. The Morgan fingerprint density at radius 2 is 2.25 bits per heavy atom. The molecule has 2 aromatic heterocycles. The van der Waals surface area contributed by atoms with E-state index in [1.165, 1.54) is 25.7 Å². The van der Waals surface area contributed by atoms with Gasteiger partial charge in [0.2, 0.25) is 0 Å². The Balaban J connectivity index is 1.76. The standard InChI is InChI=1S/C16H23N3O/c1-2-19-11-9-14(17-19)13-18-10-5-3-4-7-15(18)16-8-6-12-20-16/h6,8-9,11-12,15H,2-5,7,10,13H2,1H3/t15-/m0/s1. The quantitative estimate of drug-likeness (QED) is 0.853. The Morgan fingerprint density at radius 3 is 3.00 bits per heavy atom. The van der Waals surface area contributed by atoms with Crippen LogP contribution in [0, 0.1) is 0 Å². The number of hydrogen-bond acceptors (Lipinski definition) is 3. The minimum Gasteiger partial charge on any atom is -0.468 e. The van der Waals surface area contributed by atoms with Crippen LogP contribution < -0.4 is 0 Å². The number of hydrogen-bond donors (Lipinski definition) is 0. The SMILES string of the molecule is CCn1ccc(CN2CCCCC[C@H]2c2ccco2)n1. The molecule has 3 heterocycles. The molecule has 4 heteroatoms. The van der Waals surface area contributed by atoms with Crippen LogP contribution in [0.3, 0.4) is 0 Å². The van der Waals surface area contributed by atoms with Crippen LogP contribution in [0.25, 0.3) is 0 Å². The molecular weight excluding hydrogens is 250 g/mol. The second-order valence-corrected chi connectivity index (χ2v) is 5.51. The Hall–Kier alpha value is -1.55. The fourth-order valence-corrected chi connectivity index (χ4v) is 3.03. The molecule has 1 aliphatic rings. The van der Waals surface area contributed by atoms with Crippen molar-refractivity contribution in [3.63, 3.8) is 0 Å². The molecule has 0 N–H and O–H groups in total. The Morgan fingerprint density at radius 1 is 1.30 bits per heavy atom. The van der Waals surface area contributed by atoms with Gasteiger partial charge in [0.1, 0.15) is 5.76 Å². The van der Waals surface area contributed by atoms with Crippen molar-refractivity contribution < 1.29 is 4.42 Å². The van der Waals surface area contributed by atoms with Crippen molar-refractivity contribution in [2.24, 2.45) is 0 Å². The molecule has 0 aliphatic carbocycles. The molecule has 108 valence electrons. The van der Waals surface area contributed by atoms with Crippen molar-refractivity contribution in [1.29, 1.82) is 0 Å². The van der Waals surface area contributed by atoms with Crippen molar-refractivity contribution in [2.45, 2.75) is 51.7 Å². The zero-order chi connectivity index (χ0) is 13.8. The summed E-state index contributed by atoms with van der Waals surface area (Å²) in [5, 5.41) is 4.61. The lowest BCUT2D eigenvalue weighted by Crippen LogP contribution is -2.28. The molecule has 1 saturated heterocycles. The van der Waals surface area contributed by atoms with Crippen LogP contribution in [-0.4, -0.2) is 21.2 Å². The smallest absolute Gasteiger partial charge is 0.120 e. The minimum atomic E-state index is 0.402. The zero-order valence-corrected chi connectivity index (χ0v) is 12.2. The zero-order valence-electron chi connectivity index (χ0n) is 12.2. The highest BCUT2D eigenvalue weighted by molar-refractivity contribution is 5.07. The molecule has 1 aliphatic heterocycles. The average molecular weight is 273 g/mol. The molecule has 3 rings (SSSR count). The van der Waals surface area contributed by atoms with Crippen molar-refractivity contribution in [1.82, 2.24) is 14.7 Å². The first-order valence-corrected chi connectivity index (χ1v) is 7.66. The predicted octanol–water partition coefficient (Wildman–Crippen LogP) is 3.61. The van der Waals surface area contributed by atoms with E-state index in [9.17, 15) is 0 Å². The summed E-state index contributed by atoms with van der Waals surface area (Å²) < 4.78 is 7.65. The van der Waals surface area contributed by atoms with Crippen LogP contribution >= 0.6 is 0 Å². The van der Waals surface area contributed by atoms with Crippen LogP contribution in [-0.2, 0) is 13.1 Å². The molecule has 4 nitrogen and oxygen atoms in total. The number of furan rings is 1. The van der Waals surface area contributed by atoms with E-state index in [1.54, 1.807) is 6.26 Å². The van der Waals surface area contributed by atoms with E-state index in [-0.39, 0.29) is 0 Å². The monoisotopic (exact) mass is 273 g/mol. The number of nitrogens with zero attached hydrogens (tertiary/aromatic N) is 3. The maximum Gasteiger partial charge on any atom is 0.120 e. The lowest BCUT2D eigenvalue weighted by atomic mass is 10.1. The van der Waals surface area contributed by atoms with Crippen LogP contribution in [0.15, 0.2) is 35.1 Å². The summed E-state index contributed by atoms with van der Waals surface area (Å²) in [6, 6.07) is 6.63. The summed E-state index contributed by atoms with van der Waals surface area (Å²) >= 11 is 0. The number of rotatable bonds is 4. The fraction of sp³-hybridized carbons (Fsp3) is 0.562. The second-order valence-electron chi connectivity index (χ2n) is 5.51. The van der Waals surface area contributed by atoms with Gasteiger partial charge >= 0.3 is 0 Å². The summed E-state index contributed by atoms with van der Waals surface area (Å²) in [5.74, 6) is 1.10. The summed E-state index contributed by atoms with van der Waals surface area (Å²) in [6.45, 7) is 5.10. The first-order valence-electron chi connectivity index (χ1n) is 7.66. The van der Waals surface area contributed by atoms with Gasteiger partial charge in [-0.05, 0) is 44.5 Å².